The molecule has 2 aromatic carbocycles. The third-order valence-electron chi connectivity index (χ3n) is 7.16. The van der Waals surface area contributed by atoms with Crippen molar-refractivity contribution >= 4 is 11.8 Å². The summed E-state index contributed by atoms with van der Waals surface area (Å²) in [6.07, 6.45) is -3.03. The van der Waals surface area contributed by atoms with E-state index in [1.165, 1.54) is 25.3 Å². The van der Waals surface area contributed by atoms with Gasteiger partial charge in [0, 0.05) is 24.7 Å². The number of halogens is 4. The number of carbonyl (C=O) groups is 2. The van der Waals surface area contributed by atoms with Crippen LogP contribution < -0.4 is 15.4 Å². The fourth-order valence-electron chi connectivity index (χ4n) is 4.96. The van der Waals surface area contributed by atoms with E-state index in [0.29, 0.717) is 44.3 Å². The normalized spacial score (nSPS) is 22.2. The van der Waals surface area contributed by atoms with Crippen molar-refractivity contribution in [1.29, 1.82) is 0 Å². The first kappa shape index (κ1) is 26.9. The SMILES string of the molecule is COc1ccc(C2(O)CCC(N(C(=O)CNC(=O)c3cccc(C(F)(F)F)c3)C3CNC3)CC2)cc1F. The molecular weight excluding hydrogens is 494 g/mol. The highest BCUT2D eigenvalue weighted by Gasteiger charge is 2.41. The number of aliphatic hydroxyl groups is 1. The molecule has 1 saturated carbocycles. The highest BCUT2D eigenvalue weighted by molar-refractivity contribution is 5.96. The van der Waals surface area contributed by atoms with Crippen molar-refractivity contribution in [1.82, 2.24) is 15.5 Å². The number of amides is 2. The van der Waals surface area contributed by atoms with Gasteiger partial charge in [0.2, 0.25) is 5.91 Å². The van der Waals surface area contributed by atoms with E-state index in [2.05, 4.69) is 10.6 Å². The minimum Gasteiger partial charge on any atom is -0.494 e. The fraction of sp³-hybridized carbons (Fsp3) is 0.462. The van der Waals surface area contributed by atoms with Crippen molar-refractivity contribution in [2.75, 3.05) is 26.7 Å². The Labute approximate surface area is 211 Å². The third-order valence-corrected chi connectivity index (χ3v) is 7.16. The minimum atomic E-state index is -4.58. The maximum Gasteiger partial charge on any atom is 0.416 e. The van der Waals surface area contributed by atoms with E-state index in [0.717, 1.165) is 18.2 Å². The van der Waals surface area contributed by atoms with Gasteiger partial charge in [0.15, 0.2) is 11.6 Å². The molecule has 11 heteroatoms. The number of carbonyl (C=O) groups excluding carboxylic acids is 2. The van der Waals surface area contributed by atoms with E-state index in [-0.39, 0.29) is 35.8 Å². The van der Waals surface area contributed by atoms with Crippen LogP contribution in [0.25, 0.3) is 0 Å². The summed E-state index contributed by atoms with van der Waals surface area (Å²) in [5.74, 6) is -1.60. The van der Waals surface area contributed by atoms with Crippen molar-refractivity contribution in [3.05, 3.63) is 65.0 Å². The Morgan fingerprint density at radius 3 is 2.41 bits per heavy atom. The van der Waals surface area contributed by atoms with E-state index < -0.39 is 29.1 Å². The molecule has 1 heterocycles. The van der Waals surface area contributed by atoms with Gasteiger partial charge in [-0.25, -0.2) is 4.39 Å². The zero-order valence-corrected chi connectivity index (χ0v) is 20.3. The number of nitrogens with zero attached hydrogens (tertiary/aromatic N) is 1. The summed E-state index contributed by atoms with van der Waals surface area (Å²) in [4.78, 5) is 27.3. The van der Waals surface area contributed by atoms with E-state index in [1.807, 2.05) is 0 Å². The molecule has 2 aromatic rings. The molecular formula is C26H29F4N3O4. The summed E-state index contributed by atoms with van der Waals surface area (Å²) >= 11 is 0. The number of benzene rings is 2. The lowest BCUT2D eigenvalue weighted by atomic mass is 9.77. The second-order valence-corrected chi connectivity index (χ2v) is 9.49. The van der Waals surface area contributed by atoms with Gasteiger partial charge in [-0.3, -0.25) is 9.59 Å². The van der Waals surface area contributed by atoms with Crippen LogP contribution in [0.1, 0.15) is 47.2 Å². The number of hydrogen-bond donors (Lipinski definition) is 3. The minimum absolute atomic E-state index is 0.0856. The summed E-state index contributed by atoms with van der Waals surface area (Å²) in [7, 11) is 1.36. The number of methoxy groups -OCH3 is 1. The molecule has 1 aliphatic heterocycles. The Balaban J connectivity index is 1.40. The van der Waals surface area contributed by atoms with E-state index >= 15 is 0 Å². The van der Waals surface area contributed by atoms with Gasteiger partial charge < -0.3 is 25.4 Å². The Bertz CT molecular complexity index is 1140. The number of rotatable bonds is 7. The second kappa shape index (κ2) is 10.7. The summed E-state index contributed by atoms with van der Waals surface area (Å²) in [5.41, 5.74) is -1.93. The first-order valence-electron chi connectivity index (χ1n) is 12.1. The van der Waals surface area contributed by atoms with Crippen LogP contribution in [0.5, 0.6) is 5.75 Å². The molecule has 7 nitrogen and oxygen atoms in total. The first-order valence-corrected chi connectivity index (χ1v) is 12.1. The largest absolute Gasteiger partial charge is 0.494 e. The molecule has 2 aliphatic rings. The van der Waals surface area contributed by atoms with Gasteiger partial charge >= 0.3 is 6.18 Å². The lowest BCUT2D eigenvalue weighted by Gasteiger charge is -2.47. The Hall–Kier alpha value is -3.18. The van der Waals surface area contributed by atoms with Gasteiger partial charge in [-0.1, -0.05) is 12.1 Å². The first-order chi connectivity index (χ1) is 17.5. The van der Waals surface area contributed by atoms with Gasteiger partial charge in [0.1, 0.15) is 0 Å². The van der Waals surface area contributed by atoms with Gasteiger partial charge in [-0.15, -0.1) is 0 Å². The molecule has 1 saturated heterocycles. The molecule has 0 aromatic heterocycles. The van der Waals surface area contributed by atoms with Gasteiger partial charge in [0.05, 0.1) is 30.9 Å². The van der Waals surface area contributed by atoms with Crippen LogP contribution in [0.15, 0.2) is 42.5 Å². The molecule has 0 bridgehead atoms. The molecule has 1 aliphatic carbocycles. The van der Waals surface area contributed by atoms with Crippen molar-refractivity contribution in [2.24, 2.45) is 0 Å². The van der Waals surface area contributed by atoms with Crippen LogP contribution in [0.3, 0.4) is 0 Å². The molecule has 3 N–H and O–H groups in total. The maximum absolute atomic E-state index is 14.2. The maximum atomic E-state index is 14.2. The monoisotopic (exact) mass is 523 g/mol. The van der Waals surface area contributed by atoms with Crippen LogP contribution in [0.2, 0.25) is 0 Å². The zero-order chi connectivity index (χ0) is 26.8. The van der Waals surface area contributed by atoms with Crippen LogP contribution in [0.4, 0.5) is 17.6 Å². The second-order valence-electron chi connectivity index (χ2n) is 9.49. The average molecular weight is 524 g/mol. The quantitative estimate of drug-likeness (QED) is 0.485. The number of nitrogens with one attached hydrogen (secondary N) is 2. The molecule has 2 amide bonds. The summed E-state index contributed by atoms with van der Waals surface area (Å²) < 4.78 is 58.1. The lowest BCUT2D eigenvalue weighted by molar-refractivity contribution is -0.139. The number of alkyl halides is 3. The van der Waals surface area contributed by atoms with E-state index in [9.17, 15) is 32.3 Å². The van der Waals surface area contributed by atoms with E-state index in [4.69, 9.17) is 4.74 Å². The van der Waals surface area contributed by atoms with Crippen molar-refractivity contribution in [3.63, 3.8) is 0 Å². The van der Waals surface area contributed by atoms with Crippen LogP contribution in [-0.4, -0.2) is 60.6 Å². The smallest absolute Gasteiger partial charge is 0.416 e. The highest BCUT2D eigenvalue weighted by atomic mass is 19.4. The van der Waals surface area contributed by atoms with Crippen LogP contribution in [-0.2, 0) is 16.6 Å². The van der Waals surface area contributed by atoms with Crippen LogP contribution in [0, 0.1) is 5.82 Å². The summed E-state index contributed by atoms with van der Waals surface area (Å²) in [6.45, 7) is 0.797. The summed E-state index contributed by atoms with van der Waals surface area (Å²) in [6, 6.07) is 8.09. The van der Waals surface area contributed by atoms with E-state index in [1.54, 1.807) is 11.0 Å². The van der Waals surface area contributed by atoms with Gasteiger partial charge in [-0.05, 0) is 61.6 Å². The van der Waals surface area contributed by atoms with Crippen LogP contribution >= 0.6 is 0 Å². The standard InChI is InChI=1S/C26H29F4N3O4/c1-37-22-6-5-17(12-21(22)27)25(36)9-7-19(8-10-25)33(20-13-31-14-20)23(34)15-32-24(35)16-3-2-4-18(11-16)26(28,29)30/h2-6,11-12,19-20,31,36H,7-10,13-15H2,1H3,(H,32,35). The number of hydrogen-bond acceptors (Lipinski definition) is 5. The Kier molecular flexibility index (Phi) is 7.75. The Morgan fingerprint density at radius 1 is 1.14 bits per heavy atom. The molecule has 0 atom stereocenters. The van der Waals surface area contributed by atoms with Gasteiger partial charge in [-0.2, -0.15) is 13.2 Å². The molecule has 37 heavy (non-hydrogen) atoms. The lowest BCUT2D eigenvalue weighted by Crippen LogP contribution is -2.63. The molecule has 4 rings (SSSR count). The predicted molar refractivity (Wildman–Crippen MR) is 126 cm³/mol. The molecule has 0 unspecified atom stereocenters. The molecule has 2 fully saturated rings. The Morgan fingerprint density at radius 2 is 1.84 bits per heavy atom. The van der Waals surface area contributed by atoms with Crippen molar-refractivity contribution < 1.29 is 37.0 Å². The molecule has 200 valence electrons. The highest BCUT2D eigenvalue weighted by Crippen LogP contribution is 2.40. The molecule has 0 spiro atoms. The van der Waals surface area contributed by atoms with Crippen molar-refractivity contribution in [2.45, 2.75) is 49.5 Å². The summed E-state index contributed by atoms with van der Waals surface area (Å²) in [5, 5.41) is 16.8. The van der Waals surface area contributed by atoms with Gasteiger partial charge in [0.25, 0.3) is 5.91 Å². The molecule has 0 radical (unpaired) electrons. The predicted octanol–water partition coefficient (Wildman–Crippen LogP) is 3.21. The topological polar surface area (TPSA) is 90.9 Å². The number of ether oxygens (including phenoxy) is 1. The zero-order valence-electron chi connectivity index (χ0n) is 20.3. The fourth-order valence-corrected chi connectivity index (χ4v) is 4.96. The van der Waals surface area contributed by atoms with Crippen molar-refractivity contribution in [3.8, 4) is 5.75 Å². The third kappa shape index (κ3) is 5.88. The average Bonchev–Trinajstić information content (AvgIpc) is 2.84.